The first-order valence-corrected chi connectivity index (χ1v) is 10.4. The van der Waals surface area contributed by atoms with Crippen LogP contribution in [0.2, 0.25) is 10.0 Å². The van der Waals surface area contributed by atoms with Gasteiger partial charge in [-0.25, -0.2) is 0 Å². The van der Waals surface area contributed by atoms with Crippen molar-refractivity contribution in [3.05, 3.63) is 64.1 Å². The molecule has 2 aromatic carbocycles. The molecule has 5 nitrogen and oxygen atoms in total. The summed E-state index contributed by atoms with van der Waals surface area (Å²) in [4.78, 5) is 13.4. The van der Waals surface area contributed by atoms with Gasteiger partial charge in [0.05, 0.1) is 5.41 Å². The predicted molar refractivity (Wildman–Crippen MR) is 112 cm³/mol. The Morgan fingerprint density at radius 2 is 1.82 bits per heavy atom. The molecule has 1 N–H and O–H groups in total. The van der Waals surface area contributed by atoms with Gasteiger partial charge >= 0.3 is 0 Å². The first-order chi connectivity index (χ1) is 13.6. The molecule has 4 rings (SSSR count). The molecule has 3 aromatic rings. The van der Waals surface area contributed by atoms with Crippen molar-refractivity contribution in [2.45, 2.75) is 18.3 Å². The van der Waals surface area contributed by atoms with Crippen LogP contribution in [0.25, 0.3) is 10.6 Å². The molecule has 0 unspecified atom stereocenters. The fourth-order valence-corrected chi connectivity index (χ4v) is 4.74. The summed E-state index contributed by atoms with van der Waals surface area (Å²) < 4.78 is 5.50. The lowest BCUT2D eigenvalue weighted by molar-refractivity contribution is -0.125. The van der Waals surface area contributed by atoms with Crippen molar-refractivity contribution in [3.63, 3.8) is 0 Å². The minimum absolute atomic E-state index is 0.157. The minimum Gasteiger partial charge on any atom is -0.381 e. The Hall–Kier alpha value is -1.99. The van der Waals surface area contributed by atoms with Crippen molar-refractivity contribution in [1.29, 1.82) is 0 Å². The van der Waals surface area contributed by atoms with Crippen molar-refractivity contribution >= 4 is 45.6 Å². The highest BCUT2D eigenvalue weighted by Gasteiger charge is 2.43. The van der Waals surface area contributed by atoms with E-state index in [-0.39, 0.29) is 5.91 Å². The zero-order chi connectivity index (χ0) is 19.6. The summed E-state index contributed by atoms with van der Waals surface area (Å²) in [5, 5.41) is 13.5. The van der Waals surface area contributed by atoms with Crippen LogP contribution in [0.1, 0.15) is 18.4 Å². The smallest absolute Gasteiger partial charge is 0.237 e. The number of carbonyl (C=O) groups excluding carboxylic acids is 1. The van der Waals surface area contributed by atoms with Crippen LogP contribution in [0.4, 0.5) is 5.13 Å². The molecule has 1 aliphatic heterocycles. The van der Waals surface area contributed by atoms with Crippen molar-refractivity contribution in [3.8, 4) is 10.6 Å². The third-order valence-corrected chi connectivity index (χ3v) is 6.33. The second-order valence-corrected chi connectivity index (χ2v) is 8.37. The molecule has 144 valence electrons. The molecule has 28 heavy (non-hydrogen) atoms. The zero-order valence-corrected chi connectivity index (χ0v) is 17.2. The van der Waals surface area contributed by atoms with E-state index in [1.807, 2.05) is 36.4 Å². The van der Waals surface area contributed by atoms with Crippen LogP contribution < -0.4 is 5.32 Å². The number of nitrogens with one attached hydrogen (secondary N) is 1. The number of hydrogen-bond donors (Lipinski definition) is 1. The van der Waals surface area contributed by atoms with Crippen molar-refractivity contribution in [1.82, 2.24) is 10.2 Å². The lowest BCUT2D eigenvalue weighted by atomic mass is 9.73. The highest BCUT2D eigenvalue weighted by Crippen LogP contribution is 2.41. The normalized spacial score (nSPS) is 15.9. The molecule has 0 bridgehead atoms. The van der Waals surface area contributed by atoms with Gasteiger partial charge in [0.1, 0.15) is 5.01 Å². The van der Waals surface area contributed by atoms with Gasteiger partial charge in [0.2, 0.25) is 11.0 Å². The van der Waals surface area contributed by atoms with Gasteiger partial charge in [0, 0.05) is 28.8 Å². The Morgan fingerprint density at radius 3 is 2.54 bits per heavy atom. The van der Waals surface area contributed by atoms with Gasteiger partial charge in [-0.05, 0) is 30.5 Å². The second-order valence-electron chi connectivity index (χ2n) is 6.55. The lowest BCUT2D eigenvalue weighted by Crippen LogP contribution is -2.45. The third kappa shape index (κ3) is 3.78. The van der Waals surface area contributed by atoms with Gasteiger partial charge < -0.3 is 4.74 Å². The van der Waals surface area contributed by atoms with E-state index in [0.29, 0.717) is 41.2 Å². The maximum atomic E-state index is 13.4. The number of amides is 1. The fourth-order valence-electron chi connectivity index (χ4n) is 3.40. The fraction of sp³-hybridized carbons (Fsp3) is 0.250. The third-order valence-electron chi connectivity index (χ3n) is 4.89. The molecule has 1 aromatic heterocycles. The van der Waals surface area contributed by atoms with Gasteiger partial charge in [-0.15, -0.1) is 10.2 Å². The number of carbonyl (C=O) groups is 1. The summed E-state index contributed by atoms with van der Waals surface area (Å²) in [7, 11) is 0. The summed E-state index contributed by atoms with van der Waals surface area (Å²) >= 11 is 13.8. The van der Waals surface area contributed by atoms with E-state index < -0.39 is 5.41 Å². The van der Waals surface area contributed by atoms with E-state index in [0.717, 1.165) is 16.1 Å². The van der Waals surface area contributed by atoms with Crippen LogP contribution in [-0.4, -0.2) is 29.3 Å². The van der Waals surface area contributed by atoms with Crippen LogP contribution >= 0.6 is 34.5 Å². The van der Waals surface area contributed by atoms with Crippen molar-refractivity contribution in [2.75, 3.05) is 18.5 Å². The molecule has 0 aliphatic carbocycles. The number of aromatic nitrogens is 2. The maximum absolute atomic E-state index is 13.4. The summed E-state index contributed by atoms with van der Waals surface area (Å²) in [5.41, 5.74) is 0.924. The number of hydrogen-bond acceptors (Lipinski definition) is 5. The molecule has 1 fully saturated rings. The van der Waals surface area contributed by atoms with Gasteiger partial charge in [0.15, 0.2) is 0 Å². The largest absolute Gasteiger partial charge is 0.381 e. The first kappa shape index (κ1) is 19.3. The molecule has 0 saturated carbocycles. The van der Waals surface area contributed by atoms with Crippen LogP contribution in [0.5, 0.6) is 0 Å². The maximum Gasteiger partial charge on any atom is 0.237 e. The highest BCUT2D eigenvalue weighted by atomic mass is 35.5. The first-order valence-electron chi connectivity index (χ1n) is 8.82. The standard InChI is InChI=1S/C20H17Cl2N3O2S/c21-14-6-7-15(16(22)12-14)20(8-10-27-11-9-20)18(26)23-19-25-24-17(28-19)13-4-2-1-3-5-13/h1-7,12H,8-11H2,(H,23,25,26). The Labute approximate surface area is 176 Å². The van der Waals surface area contributed by atoms with Crippen LogP contribution in [0.15, 0.2) is 48.5 Å². The van der Waals surface area contributed by atoms with Gasteiger partial charge in [-0.2, -0.15) is 0 Å². The number of rotatable bonds is 4. The summed E-state index contributed by atoms with van der Waals surface area (Å²) in [5.74, 6) is -0.157. The lowest BCUT2D eigenvalue weighted by Gasteiger charge is -2.36. The average Bonchev–Trinajstić information content (AvgIpc) is 3.17. The number of ether oxygens (including phenoxy) is 1. The molecule has 1 aliphatic rings. The average molecular weight is 434 g/mol. The molecule has 8 heteroatoms. The minimum atomic E-state index is -0.793. The van der Waals surface area contributed by atoms with Gasteiger partial charge in [0.25, 0.3) is 0 Å². The number of nitrogens with zero attached hydrogens (tertiary/aromatic N) is 2. The van der Waals surface area contributed by atoms with Crippen LogP contribution in [0.3, 0.4) is 0 Å². The topological polar surface area (TPSA) is 64.1 Å². The van der Waals surface area contributed by atoms with Gasteiger partial charge in [-0.3, -0.25) is 10.1 Å². The van der Waals surface area contributed by atoms with E-state index >= 15 is 0 Å². The molecule has 2 heterocycles. The van der Waals surface area contributed by atoms with Crippen LogP contribution in [-0.2, 0) is 14.9 Å². The zero-order valence-electron chi connectivity index (χ0n) is 14.8. The van der Waals surface area contributed by atoms with E-state index in [1.54, 1.807) is 12.1 Å². The van der Waals surface area contributed by atoms with E-state index in [2.05, 4.69) is 15.5 Å². The number of benzene rings is 2. The van der Waals surface area contributed by atoms with E-state index in [9.17, 15) is 4.79 Å². The Morgan fingerprint density at radius 1 is 1.07 bits per heavy atom. The quantitative estimate of drug-likeness (QED) is 0.613. The Kier molecular flexibility index (Phi) is 5.64. The van der Waals surface area contributed by atoms with Crippen molar-refractivity contribution in [2.24, 2.45) is 0 Å². The Bertz CT molecular complexity index is 988. The van der Waals surface area contributed by atoms with Crippen LogP contribution in [0, 0.1) is 0 Å². The highest BCUT2D eigenvalue weighted by molar-refractivity contribution is 7.18. The molecule has 0 atom stereocenters. The molecule has 1 saturated heterocycles. The van der Waals surface area contributed by atoms with E-state index in [4.69, 9.17) is 27.9 Å². The summed E-state index contributed by atoms with van der Waals surface area (Å²) in [6, 6.07) is 15.0. The predicted octanol–water partition coefficient (Wildman–Crippen LogP) is 5.20. The summed E-state index contributed by atoms with van der Waals surface area (Å²) in [6.45, 7) is 0.968. The molecule has 0 radical (unpaired) electrons. The second kappa shape index (κ2) is 8.17. The van der Waals surface area contributed by atoms with Gasteiger partial charge in [-0.1, -0.05) is 70.9 Å². The molecular weight excluding hydrogens is 417 g/mol. The van der Waals surface area contributed by atoms with Crippen molar-refractivity contribution < 1.29 is 9.53 Å². The molecule has 1 amide bonds. The Balaban J connectivity index is 1.63. The molecular formula is C20H17Cl2N3O2S. The monoisotopic (exact) mass is 433 g/mol. The molecule has 0 spiro atoms. The SMILES string of the molecule is O=C(Nc1nnc(-c2ccccc2)s1)C1(c2ccc(Cl)cc2Cl)CCOCC1. The number of anilines is 1. The number of halogens is 2. The van der Waals surface area contributed by atoms with E-state index in [1.165, 1.54) is 11.3 Å². The summed E-state index contributed by atoms with van der Waals surface area (Å²) in [6.07, 6.45) is 1.06.